The molecule has 3 aromatic carbocycles. The number of rotatable bonds is 7. The van der Waals surface area contributed by atoms with Gasteiger partial charge in [0.25, 0.3) is 0 Å². The molecule has 1 amide bonds. The largest absolute Gasteiger partial charge is 0.573 e. The van der Waals surface area contributed by atoms with E-state index >= 15 is 0 Å². The number of amides is 1. The van der Waals surface area contributed by atoms with Crippen molar-refractivity contribution in [2.45, 2.75) is 32.2 Å². The molecule has 39 heavy (non-hydrogen) atoms. The summed E-state index contributed by atoms with van der Waals surface area (Å²) in [6.45, 7) is 4.12. The molecule has 2 N–H and O–H groups in total. The van der Waals surface area contributed by atoms with Crippen LogP contribution in [0.1, 0.15) is 40.9 Å². The number of alkyl halides is 3. The Hall–Kier alpha value is -4.53. The molecule has 1 aliphatic heterocycles. The van der Waals surface area contributed by atoms with Gasteiger partial charge in [-0.2, -0.15) is 0 Å². The number of fused-ring (bicyclic) bond motifs is 1. The number of carbonyl (C=O) groups excluding carboxylic acids is 2. The molecule has 0 saturated carbocycles. The third-order valence-corrected chi connectivity index (χ3v) is 5.94. The number of methoxy groups -OCH3 is 1. The highest BCUT2D eigenvalue weighted by molar-refractivity contribution is 6.10. The predicted octanol–water partition coefficient (Wildman–Crippen LogP) is 6.39. The molecular weight excluding hydrogens is 509 g/mol. The van der Waals surface area contributed by atoms with E-state index in [-0.39, 0.29) is 17.1 Å². The van der Waals surface area contributed by atoms with E-state index in [2.05, 4.69) is 29.2 Å². The lowest BCUT2D eigenvalue weighted by Gasteiger charge is -2.35. The summed E-state index contributed by atoms with van der Waals surface area (Å²) in [6, 6.07) is 17.5. The van der Waals surface area contributed by atoms with Crippen LogP contribution in [0.3, 0.4) is 0 Å². The van der Waals surface area contributed by atoms with Crippen LogP contribution in [0.5, 0.6) is 11.5 Å². The van der Waals surface area contributed by atoms with Crippen LogP contribution >= 0.6 is 0 Å². The van der Waals surface area contributed by atoms with E-state index in [4.69, 9.17) is 4.74 Å². The molecule has 1 aliphatic rings. The van der Waals surface area contributed by atoms with Crippen molar-refractivity contribution >= 4 is 29.2 Å². The number of carbonyl (C=O) groups is 2. The van der Waals surface area contributed by atoms with Gasteiger partial charge in [0.15, 0.2) is 5.78 Å². The van der Waals surface area contributed by atoms with Gasteiger partial charge in [0.05, 0.1) is 7.11 Å². The molecule has 0 atom stereocenters. The normalized spacial score (nSPS) is 15.4. The molecule has 0 aliphatic carbocycles. The first kappa shape index (κ1) is 27.5. The van der Waals surface area contributed by atoms with Crippen LogP contribution in [0.2, 0.25) is 0 Å². The maximum atomic E-state index is 13.2. The fraction of sp³-hybridized carbons (Fsp3) is 0.200. The van der Waals surface area contributed by atoms with E-state index in [1.807, 2.05) is 18.2 Å². The number of halogens is 3. The van der Waals surface area contributed by atoms with Crippen LogP contribution in [0.15, 0.2) is 78.9 Å². The number of allylic oxidation sites excluding steroid dienone is 1. The summed E-state index contributed by atoms with van der Waals surface area (Å²) >= 11 is 0. The van der Waals surface area contributed by atoms with Gasteiger partial charge in [-0.15, -0.1) is 13.2 Å². The minimum atomic E-state index is -4.77. The van der Waals surface area contributed by atoms with Gasteiger partial charge in [0, 0.05) is 40.2 Å². The van der Waals surface area contributed by atoms with Crippen LogP contribution in [0.4, 0.5) is 18.9 Å². The van der Waals surface area contributed by atoms with Crippen molar-refractivity contribution in [3.8, 4) is 11.5 Å². The third-order valence-electron chi connectivity index (χ3n) is 5.94. The smallest absolute Gasteiger partial charge is 0.497 e. The van der Waals surface area contributed by atoms with Crippen molar-refractivity contribution in [3.05, 3.63) is 101 Å². The van der Waals surface area contributed by atoms with Crippen LogP contribution in [0.25, 0.3) is 11.8 Å². The standard InChI is InChI=1S/C30H27F3N2O4/c1-29(2)18-21-10-13-24(38-3)16-25(21)26(35-29)17-27(36)20-5-4-6-22(15-20)34-28(37)14-9-19-7-11-23(12-8-19)39-30(31,32)33/h4-17,35H,18H2,1-3H3,(H,34,37)/b14-9?,26-17-. The van der Waals surface area contributed by atoms with Gasteiger partial charge in [0.2, 0.25) is 5.91 Å². The summed E-state index contributed by atoms with van der Waals surface area (Å²) in [5.41, 5.74) is 3.76. The molecular formula is C30H27F3N2O4. The first-order valence-corrected chi connectivity index (χ1v) is 12.1. The van der Waals surface area contributed by atoms with Crippen molar-refractivity contribution in [1.29, 1.82) is 0 Å². The van der Waals surface area contributed by atoms with Gasteiger partial charge in [-0.25, -0.2) is 0 Å². The molecule has 3 aromatic rings. The fourth-order valence-corrected chi connectivity index (χ4v) is 4.25. The van der Waals surface area contributed by atoms with Gasteiger partial charge in [-0.05, 0) is 73.9 Å². The van der Waals surface area contributed by atoms with E-state index in [9.17, 15) is 22.8 Å². The minimum Gasteiger partial charge on any atom is -0.497 e. The van der Waals surface area contributed by atoms with Crippen LogP contribution in [0, 0.1) is 0 Å². The summed E-state index contributed by atoms with van der Waals surface area (Å²) < 4.78 is 46.1. The van der Waals surface area contributed by atoms with Gasteiger partial charge in [0.1, 0.15) is 11.5 Å². The topological polar surface area (TPSA) is 76.7 Å². The molecule has 0 radical (unpaired) electrons. The van der Waals surface area contributed by atoms with Crippen molar-refractivity contribution in [2.24, 2.45) is 0 Å². The van der Waals surface area contributed by atoms with E-state index < -0.39 is 12.3 Å². The summed E-state index contributed by atoms with van der Waals surface area (Å²) in [6.07, 6.45) is 0.262. The molecule has 0 spiro atoms. The Bertz CT molecular complexity index is 1440. The Kier molecular flexibility index (Phi) is 7.80. The average molecular weight is 537 g/mol. The van der Waals surface area contributed by atoms with Crippen LogP contribution in [-0.2, 0) is 11.2 Å². The molecule has 202 valence electrons. The molecule has 1 heterocycles. The second-order valence-corrected chi connectivity index (χ2v) is 9.65. The Morgan fingerprint density at radius 1 is 1.00 bits per heavy atom. The highest BCUT2D eigenvalue weighted by Gasteiger charge is 2.31. The third kappa shape index (κ3) is 7.50. The number of benzene rings is 3. The number of hydrogen-bond donors (Lipinski definition) is 2. The summed E-state index contributed by atoms with van der Waals surface area (Å²) in [5.74, 6) is -0.366. The summed E-state index contributed by atoms with van der Waals surface area (Å²) in [5, 5.41) is 6.13. The maximum Gasteiger partial charge on any atom is 0.573 e. The molecule has 0 fully saturated rings. The van der Waals surface area contributed by atoms with E-state index in [0.29, 0.717) is 28.3 Å². The highest BCUT2D eigenvalue weighted by Crippen LogP contribution is 2.32. The molecule has 4 rings (SSSR count). The second-order valence-electron chi connectivity index (χ2n) is 9.65. The molecule has 9 heteroatoms. The fourth-order valence-electron chi connectivity index (χ4n) is 4.25. The van der Waals surface area contributed by atoms with Gasteiger partial charge in [-0.1, -0.05) is 30.3 Å². The first-order valence-electron chi connectivity index (χ1n) is 12.1. The second kappa shape index (κ2) is 11.1. The first-order chi connectivity index (χ1) is 18.4. The van der Waals surface area contributed by atoms with E-state index in [1.54, 1.807) is 37.5 Å². The minimum absolute atomic E-state index is 0.239. The lowest BCUT2D eigenvalue weighted by atomic mass is 9.85. The van der Waals surface area contributed by atoms with E-state index in [0.717, 1.165) is 29.7 Å². The molecule has 0 aromatic heterocycles. The average Bonchev–Trinajstić information content (AvgIpc) is 2.87. The lowest BCUT2D eigenvalue weighted by Crippen LogP contribution is -2.43. The molecule has 0 bridgehead atoms. The molecule has 6 nitrogen and oxygen atoms in total. The zero-order chi connectivity index (χ0) is 28.2. The number of anilines is 1. The lowest BCUT2D eigenvalue weighted by molar-refractivity contribution is -0.274. The van der Waals surface area contributed by atoms with Gasteiger partial charge >= 0.3 is 6.36 Å². The predicted molar refractivity (Wildman–Crippen MR) is 143 cm³/mol. The van der Waals surface area contributed by atoms with Crippen LogP contribution < -0.4 is 20.1 Å². The maximum absolute atomic E-state index is 13.2. The summed E-state index contributed by atoms with van der Waals surface area (Å²) in [4.78, 5) is 25.6. The van der Waals surface area contributed by atoms with Crippen molar-refractivity contribution in [3.63, 3.8) is 0 Å². The number of nitrogens with one attached hydrogen (secondary N) is 2. The SMILES string of the molecule is COc1ccc2c(c1)/C(=C/C(=O)c1cccc(NC(=O)C=Cc3ccc(OC(F)(F)F)cc3)c1)NC(C)(C)C2. The molecule has 0 unspecified atom stereocenters. The zero-order valence-corrected chi connectivity index (χ0v) is 21.6. The number of ketones is 1. The zero-order valence-electron chi connectivity index (χ0n) is 21.6. The van der Waals surface area contributed by atoms with E-state index in [1.165, 1.54) is 24.3 Å². The summed E-state index contributed by atoms with van der Waals surface area (Å²) in [7, 11) is 1.59. The monoisotopic (exact) mass is 536 g/mol. The van der Waals surface area contributed by atoms with Crippen molar-refractivity contribution in [2.75, 3.05) is 12.4 Å². The van der Waals surface area contributed by atoms with Crippen LogP contribution in [-0.4, -0.2) is 30.7 Å². The van der Waals surface area contributed by atoms with Gasteiger partial charge in [-0.3, -0.25) is 9.59 Å². The quantitative estimate of drug-likeness (QED) is 0.270. The highest BCUT2D eigenvalue weighted by atomic mass is 19.4. The Labute approximate surface area is 224 Å². The molecule has 0 saturated heterocycles. The van der Waals surface area contributed by atoms with Gasteiger partial charge < -0.3 is 20.1 Å². The Morgan fingerprint density at radius 2 is 1.72 bits per heavy atom. The number of ether oxygens (including phenoxy) is 2. The number of hydrogen-bond acceptors (Lipinski definition) is 5. The van der Waals surface area contributed by atoms with Crippen molar-refractivity contribution in [1.82, 2.24) is 5.32 Å². The Morgan fingerprint density at radius 3 is 2.41 bits per heavy atom. The van der Waals surface area contributed by atoms with Crippen molar-refractivity contribution < 1.29 is 32.2 Å². The Balaban J connectivity index is 1.46.